The molecule has 3 aromatic rings. The van der Waals surface area contributed by atoms with E-state index in [0.29, 0.717) is 30.8 Å². The molecule has 6 nitrogen and oxygen atoms in total. The first kappa shape index (κ1) is 22.4. The molecule has 0 spiro atoms. The van der Waals surface area contributed by atoms with Gasteiger partial charge in [0.2, 0.25) is 5.91 Å². The number of ether oxygens (including phenoxy) is 1. The maximum absolute atomic E-state index is 12.8. The molecule has 1 amide bonds. The number of ketones is 1. The van der Waals surface area contributed by atoms with Crippen molar-refractivity contribution < 1.29 is 14.3 Å². The van der Waals surface area contributed by atoms with Crippen LogP contribution in [0, 0.1) is 0 Å². The molecule has 0 radical (unpaired) electrons. The number of para-hydroxylation sites is 2. The number of nitrogens with zero attached hydrogens (tertiary/aromatic N) is 3. The minimum atomic E-state index is 0.0799. The van der Waals surface area contributed by atoms with E-state index in [-0.39, 0.29) is 11.7 Å². The summed E-state index contributed by atoms with van der Waals surface area (Å²) >= 11 is 2.91. The van der Waals surface area contributed by atoms with Crippen molar-refractivity contribution in [2.24, 2.45) is 0 Å². The Morgan fingerprint density at radius 3 is 2.50 bits per heavy atom. The number of benzene rings is 2. The van der Waals surface area contributed by atoms with Crippen LogP contribution in [0.3, 0.4) is 0 Å². The maximum Gasteiger partial charge on any atom is 0.228 e. The average molecular weight is 468 g/mol. The number of rotatable bonds is 8. The maximum atomic E-state index is 12.8. The minimum absolute atomic E-state index is 0.0799. The zero-order valence-corrected chi connectivity index (χ0v) is 19.5. The van der Waals surface area contributed by atoms with Crippen LogP contribution in [0.2, 0.25) is 0 Å². The fourth-order valence-electron chi connectivity index (χ4n) is 3.63. The van der Waals surface area contributed by atoms with Crippen LogP contribution in [0.25, 0.3) is 0 Å². The summed E-state index contributed by atoms with van der Waals surface area (Å²) in [6.45, 7) is 2.89. The van der Waals surface area contributed by atoms with Gasteiger partial charge in [0.25, 0.3) is 0 Å². The van der Waals surface area contributed by atoms with E-state index in [4.69, 9.17) is 4.74 Å². The monoisotopic (exact) mass is 467 g/mol. The van der Waals surface area contributed by atoms with E-state index in [1.165, 1.54) is 23.1 Å². The normalized spacial score (nSPS) is 13.8. The van der Waals surface area contributed by atoms with Crippen LogP contribution >= 0.6 is 23.1 Å². The molecule has 8 heteroatoms. The molecule has 1 aromatic heterocycles. The molecule has 4 rings (SSSR count). The summed E-state index contributed by atoms with van der Waals surface area (Å²) in [5.41, 5.74) is 2.54. The van der Waals surface area contributed by atoms with Crippen LogP contribution in [0.1, 0.15) is 16.1 Å². The number of hydrogen-bond donors (Lipinski definition) is 0. The molecule has 1 aliphatic rings. The molecule has 2 aromatic carbocycles. The zero-order valence-electron chi connectivity index (χ0n) is 17.9. The second kappa shape index (κ2) is 10.7. The van der Waals surface area contributed by atoms with Gasteiger partial charge in [0.1, 0.15) is 5.75 Å². The molecule has 32 heavy (non-hydrogen) atoms. The second-order valence-corrected chi connectivity index (χ2v) is 9.48. The number of carbonyl (C=O) groups is 2. The first-order valence-electron chi connectivity index (χ1n) is 10.4. The molecule has 2 heterocycles. The van der Waals surface area contributed by atoms with Crippen molar-refractivity contribution in [2.45, 2.75) is 10.8 Å². The Hall–Kier alpha value is -2.84. The SMILES string of the molecule is COc1ccccc1N1CCN(C(=O)Cc2csc(SCC(=O)c3ccccc3)n2)CC1. The molecule has 0 bridgehead atoms. The molecule has 0 atom stereocenters. The smallest absolute Gasteiger partial charge is 0.228 e. The number of anilines is 1. The highest BCUT2D eigenvalue weighted by molar-refractivity contribution is 8.01. The Labute approximate surface area is 196 Å². The van der Waals surface area contributed by atoms with Gasteiger partial charge in [-0.2, -0.15) is 0 Å². The summed E-state index contributed by atoms with van der Waals surface area (Å²) < 4.78 is 6.28. The third-order valence-corrected chi connectivity index (χ3v) is 7.41. The molecule has 1 saturated heterocycles. The Morgan fingerprint density at radius 2 is 1.75 bits per heavy atom. The molecule has 1 aliphatic heterocycles. The highest BCUT2D eigenvalue weighted by Crippen LogP contribution is 2.28. The fraction of sp³-hybridized carbons (Fsp3) is 0.292. The van der Waals surface area contributed by atoms with Crippen LogP contribution in [0.4, 0.5) is 5.69 Å². The van der Waals surface area contributed by atoms with Gasteiger partial charge < -0.3 is 14.5 Å². The molecule has 1 fully saturated rings. The highest BCUT2D eigenvalue weighted by Gasteiger charge is 2.23. The lowest BCUT2D eigenvalue weighted by Crippen LogP contribution is -2.49. The van der Waals surface area contributed by atoms with Gasteiger partial charge in [0.05, 0.1) is 30.7 Å². The molecule has 0 N–H and O–H groups in total. The molecular formula is C24H25N3O3S2. The second-order valence-electron chi connectivity index (χ2n) is 7.40. The lowest BCUT2D eigenvalue weighted by molar-refractivity contribution is -0.130. The molecule has 166 valence electrons. The minimum Gasteiger partial charge on any atom is -0.495 e. The Balaban J connectivity index is 1.26. The van der Waals surface area contributed by atoms with Crippen molar-refractivity contribution >= 4 is 40.5 Å². The first-order valence-corrected chi connectivity index (χ1v) is 12.3. The van der Waals surface area contributed by atoms with Gasteiger partial charge in [0.15, 0.2) is 10.1 Å². The van der Waals surface area contributed by atoms with Crippen LogP contribution < -0.4 is 9.64 Å². The Kier molecular flexibility index (Phi) is 7.44. The Bertz CT molecular complexity index is 1060. The molecule has 0 saturated carbocycles. The van der Waals surface area contributed by atoms with E-state index in [0.717, 1.165) is 34.6 Å². The van der Waals surface area contributed by atoms with Crippen molar-refractivity contribution in [2.75, 3.05) is 43.9 Å². The van der Waals surface area contributed by atoms with Crippen molar-refractivity contribution in [3.63, 3.8) is 0 Å². The number of piperazine rings is 1. The van der Waals surface area contributed by atoms with Crippen molar-refractivity contribution in [1.82, 2.24) is 9.88 Å². The predicted molar refractivity (Wildman–Crippen MR) is 129 cm³/mol. The summed E-state index contributed by atoms with van der Waals surface area (Å²) in [7, 11) is 1.68. The summed E-state index contributed by atoms with van der Waals surface area (Å²) in [6, 6.07) is 17.2. The molecule has 0 unspecified atom stereocenters. The summed E-state index contributed by atoms with van der Waals surface area (Å²) in [4.78, 5) is 33.7. The van der Waals surface area contributed by atoms with Gasteiger partial charge >= 0.3 is 0 Å². The van der Waals surface area contributed by atoms with Gasteiger partial charge in [0, 0.05) is 37.1 Å². The number of carbonyl (C=O) groups excluding carboxylic acids is 2. The predicted octanol–water partition coefficient (Wildman–Crippen LogP) is 4.02. The number of amides is 1. The van der Waals surface area contributed by atoms with Gasteiger partial charge in [-0.1, -0.05) is 54.2 Å². The van der Waals surface area contributed by atoms with Crippen LogP contribution in [0.15, 0.2) is 64.3 Å². The van der Waals surface area contributed by atoms with Gasteiger partial charge in [-0.3, -0.25) is 9.59 Å². The number of aromatic nitrogens is 1. The quantitative estimate of drug-likeness (QED) is 0.368. The number of methoxy groups -OCH3 is 1. The largest absolute Gasteiger partial charge is 0.495 e. The summed E-state index contributed by atoms with van der Waals surface area (Å²) in [6.07, 6.45) is 0.290. The van der Waals surface area contributed by atoms with E-state index < -0.39 is 0 Å². The third kappa shape index (κ3) is 5.49. The average Bonchev–Trinajstić information content (AvgIpc) is 3.30. The first-order chi connectivity index (χ1) is 15.6. The van der Waals surface area contributed by atoms with Gasteiger partial charge in [-0.25, -0.2) is 4.98 Å². The number of thiazole rings is 1. The van der Waals surface area contributed by atoms with E-state index in [2.05, 4.69) is 9.88 Å². The molecule has 0 aliphatic carbocycles. The summed E-state index contributed by atoms with van der Waals surface area (Å²) in [5, 5.41) is 1.91. The highest BCUT2D eigenvalue weighted by atomic mass is 32.2. The third-order valence-electron chi connectivity index (χ3n) is 5.34. The van der Waals surface area contributed by atoms with E-state index >= 15 is 0 Å². The fourth-order valence-corrected chi connectivity index (χ4v) is 5.36. The zero-order chi connectivity index (χ0) is 22.3. The number of thioether (sulfide) groups is 1. The Morgan fingerprint density at radius 1 is 1.03 bits per heavy atom. The van der Waals surface area contributed by atoms with Crippen LogP contribution in [-0.4, -0.2) is 60.6 Å². The van der Waals surface area contributed by atoms with E-state index in [9.17, 15) is 9.59 Å². The van der Waals surface area contributed by atoms with E-state index in [1.54, 1.807) is 7.11 Å². The van der Waals surface area contributed by atoms with Crippen LogP contribution in [0.5, 0.6) is 5.75 Å². The number of Topliss-reactive ketones (excluding diaryl/α,β-unsaturated/α-hetero) is 1. The van der Waals surface area contributed by atoms with E-state index in [1.807, 2.05) is 64.9 Å². The van der Waals surface area contributed by atoms with Crippen LogP contribution in [-0.2, 0) is 11.2 Å². The van der Waals surface area contributed by atoms with Gasteiger partial charge in [-0.05, 0) is 12.1 Å². The summed E-state index contributed by atoms with van der Waals surface area (Å²) in [5.74, 6) is 1.37. The van der Waals surface area contributed by atoms with Crippen molar-refractivity contribution in [3.8, 4) is 5.75 Å². The standard InChI is InChI=1S/C24H25N3O3S2/c1-30-22-10-6-5-9-20(22)26-11-13-27(14-12-26)23(29)15-19-16-31-24(25-19)32-17-21(28)18-7-3-2-4-8-18/h2-10,16H,11-15,17H2,1H3. The topological polar surface area (TPSA) is 62.7 Å². The molecular weight excluding hydrogens is 442 g/mol. The lowest BCUT2D eigenvalue weighted by atomic mass is 10.2. The van der Waals surface area contributed by atoms with Gasteiger partial charge in [-0.15, -0.1) is 11.3 Å². The van der Waals surface area contributed by atoms with Crippen molar-refractivity contribution in [1.29, 1.82) is 0 Å². The lowest BCUT2D eigenvalue weighted by Gasteiger charge is -2.36. The van der Waals surface area contributed by atoms with Crippen molar-refractivity contribution in [3.05, 3.63) is 71.2 Å². The number of hydrogen-bond acceptors (Lipinski definition) is 7.